The molecule has 1 aliphatic rings. The number of aromatic nitrogens is 2. The van der Waals surface area contributed by atoms with Gasteiger partial charge in [0.25, 0.3) is 0 Å². The average molecular weight is 1110 g/mol. The monoisotopic (exact) mass is 1110 g/mol. The number of pyridine rings is 1. The predicted octanol–water partition coefficient (Wildman–Crippen LogP) is 17.8. The second kappa shape index (κ2) is 18.3. The van der Waals surface area contributed by atoms with Gasteiger partial charge >= 0.3 is 0 Å². The van der Waals surface area contributed by atoms with Gasteiger partial charge in [-0.1, -0.05) is 167 Å². The number of anilines is 4. The van der Waals surface area contributed by atoms with Crippen molar-refractivity contribution in [3.05, 3.63) is 198 Å². The van der Waals surface area contributed by atoms with Crippen LogP contribution in [0.5, 0.6) is 11.5 Å². The first-order valence-electron chi connectivity index (χ1n) is 24.7. The summed E-state index contributed by atoms with van der Waals surface area (Å²) in [5.74, 6) is 2.04. The minimum atomic E-state index is -0.0553. The molecule has 0 aliphatic carbocycles. The molecule has 10 rings (SSSR count). The molecule has 0 unspecified atom stereocenters. The minimum absolute atomic E-state index is 0. The van der Waals surface area contributed by atoms with Gasteiger partial charge in [0.05, 0.1) is 0 Å². The molecule has 0 radical (unpaired) electrons. The van der Waals surface area contributed by atoms with Gasteiger partial charge in [-0.3, -0.25) is 0 Å². The molecule has 2 aromatic heterocycles. The molecule has 1 aliphatic heterocycles. The first-order chi connectivity index (χ1) is 33.1. The Hall–Kier alpha value is -6.42. The molecule has 0 amide bonds. The van der Waals surface area contributed by atoms with Gasteiger partial charge < -0.3 is 19.1 Å². The number of rotatable bonds is 7. The van der Waals surface area contributed by atoms with E-state index in [9.17, 15) is 0 Å². The molecule has 71 heavy (non-hydrogen) atoms. The zero-order valence-corrected chi connectivity index (χ0v) is 45.8. The Morgan fingerprint density at radius 2 is 1.13 bits per heavy atom. The molecule has 7 aromatic carbocycles. The van der Waals surface area contributed by atoms with E-state index in [4.69, 9.17) is 9.72 Å². The number of nitrogens with zero attached hydrogens (tertiary/aromatic N) is 4. The minimum Gasteiger partial charge on any atom is -0.509 e. The van der Waals surface area contributed by atoms with Crippen LogP contribution >= 0.6 is 0 Å². The Labute approximate surface area is 436 Å². The maximum atomic E-state index is 6.79. The summed E-state index contributed by atoms with van der Waals surface area (Å²) in [6, 6.07) is 60.1. The van der Waals surface area contributed by atoms with Gasteiger partial charge in [-0.2, -0.15) is 12.1 Å². The van der Waals surface area contributed by atoms with Gasteiger partial charge in [0.1, 0.15) is 5.82 Å². The largest absolute Gasteiger partial charge is 0.509 e. The Morgan fingerprint density at radius 1 is 0.493 bits per heavy atom. The summed E-state index contributed by atoms with van der Waals surface area (Å²) in [6.07, 6.45) is 2.02. The number of aryl methyl sites for hydroxylation is 1. The first kappa shape index (κ1) is 49.6. The van der Waals surface area contributed by atoms with E-state index in [-0.39, 0.29) is 42.7 Å². The number of ether oxygens (including phenoxy) is 1. The number of hydrogen-bond acceptors (Lipinski definition) is 4. The Morgan fingerprint density at radius 3 is 1.83 bits per heavy atom. The van der Waals surface area contributed by atoms with Crippen molar-refractivity contribution in [2.75, 3.05) is 9.80 Å². The van der Waals surface area contributed by atoms with Crippen molar-refractivity contribution >= 4 is 44.6 Å². The van der Waals surface area contributed by atoms with Crippen molar-refractivity contribution in [2.45, 2.75) is 112 Å². The van der Waals surface area contributed by atoms with Crippen molar-refractivity contribution < 1.29 is 25.8 Å². The molecular weight excluding hydrogens is 1050 g/mol. The number of fused-ring (bicyclic) bond motifs is 4. The summed E-state index contributed by atoms with van der Waals surface area (Å²) >= 11 is 0. The van der Waals surface area contributed by atoms with Crippen LogP contribution in [0.2, 0.25) is 0 Å². The fourth-order valence-electron chi connectivity index (χ4n) is 9.57. The zero-order chi connectivity index (χ0) is 49.5. The Balaban J connectivity index is 0.00000624. The smallest absolute Gasteiger partial charge is 0.135 e. The number of hydrogen-bond donors (Lipinski definition) is 0. The van der Waals surface area contributed by atoms with Gasteiger partial charge in [0.2, 0.25) is 0 Å². The maximum Gasteiger partial charge on any atom is 0.135 e. The van der Waals surface area contributed by atoms with Crippen LogP contribution in [0.15, 0.2) is 152 Å². The summed E-state index contributed by atoms with van der Waals surface area (Å²) in [4.78, 5) is 9.75. The van der Waals surface area contributed by atoms with Crippen LogP contribution in [-0.2, 0) is 42.7 Å². The van der Waals surface area contributed by atoms with Gasteiger partial charge in [0.15, 0.2) is 0 Å². The van der Waals surface area contributed by atoms with Crippen molar-refractivity contribution in [3.63, 3.8) is 0 Å². The van der Waals surface area contributed by atoms with Crippen LogP contribution in [0.1, 0.15) is 111 Å². The van der Waals surface area contributed by atoms with Crippen molar-refractivity contribution in [1.82, 2.24) is 9.55 Å². The van der Waals surface area contributed by atoms with E-state index in [1.807, 2.05) is 24.4 Å². The topological polar surface area (TPSA) is 33.5 Å². The SMILES string of the molecule is Cc1cc(-n2c3[c-]c(Oc4[c-]c(N5[CH-]N(c6cc(-c7ccccc7)cc(C(C)(C)C)c6)c6ccc(C(C)(C)C)cc65)ccc4)ccc3c3cc(C(C)(C)C)ccc32)ncc1-c1cccc(C(C)(C)C)c1.[Pt]. The van der Waals surface area contributed by atoms with Gasteiger partial charge in [0, 0.05) is 66.9 Å². The summed E-state index contributed by atoms with van der Waals surface area (Å²) in [5, 5.41) is 2.25. The molecule has 3 heterocycles. The van der Waals surface area contributed by atoms with Crippen LogP contribution in [0.25, 0.3) is 49.9 Å². The molecule has 0 fully saturated rings. The molecule has 364 valence electrons. The Bertz CT molecular complexity index is 3450. The van der Waals surface area contributed by atoms with Crippen molar-refractivity contribution in [2.24, 2.45) is 0 Å². The Kier molecular flexibility index (Phi) is 12.8. The molecule has 6 heteroatoms. The fraction of sp³-hybridized carbons (Fsp3) is 0.262. The van der Waals surface area contributed by atoms with E-state index in [0.29, 0.717) is 11.5 Å². The molecule has 0 atom stereocenters. The van der Waals surface area contributed by atoms with Crippen LogP contribution in [0, 0.1) is 25.7 Å². The summed E-state index contributed by atoms with van der Waals surface area (Å²) in [7, 11) is 0. The van der Waals surface area contributed by atoms with Crippen molar-refractivity contribution in [1.29, 1.82) is 0 Å². The van der Waals surface area contributed by atoms with Crippen LogP contribution in [0.4, 0.5) is 22.7 Å². The summed E-state index contributed by atoms with van der Waals surface area (Å²) < 4.78 is 9.03. The van der Waals surface area contributed by atoms with Gasteiger partial charge in [-0.15, -0.1) is 48.1 Å². The quantitative estimate of drug-likeness (QED) is 0.149. The second-order valence-electron chi connectivity index (χ2n) is 23.3. The van der Waals surface area contributed by atoms with E-state index in [1.54, 1.807) is 0 Å². The predicted molar refractivity (Wildman–Crippen MR) is 295 cm³/mol. The van der Waals surface area contributed by atoms with Gasteiger partial charge in [-0.25, -0.2) is 4.98 Å². The normalized spacial score (nSPS) is 13.2. The van der Waals surface area contributed by atoms with E-state index >= 15 is 0 Å². The van der Waals surface area contributed by atoms with E-state index < -0.39 is 0 Å². The average Bonchev–Trinajstić information content (AvgIpc) is 3.86. The fourth-order valence-corrected chi connectivity index (χ4v) is 9.57. The molecule has 9 aromatic rings. The molecule has 0 bridgehead atoms. The standard InChI is InChI=1S/C65H65N4O.Pt/c1-42-31-61(66-40-56(42)44-21-17-22-46(32-44)62(2,3)4)69-57-29-25-47(63(5,6)7)36-55(57)54-28-27-53(39-59(54)69)70-52-24-18-23-50(38-52)67-41-68(58-30-26-48(37-60(58)67)64(8,9)10)51-34-45(43-19-15-14-16-20-43)33-49(35-51)65(11,12)13;/h14-37,40-41H,1-13H3;/q-3;. The zero-order valence-electron chi connectivity index (χ0n) is 43.5. The molecular formula is C65H65N4OPt-3. The van der Waals surface area contributed by atoms with E-state index in [2.05, 4.69) is 251 Å². The second-order valence-corrected chi connectivity index (χ2v) is 23.3. The molecule has 0 spiro atoms. The first-order valence-corrected chi connectivity index (χ1v) is 24.7. The molecule has 5 nitrogen and oxygen atoms in total. The maximum absolute atomic E-state index is 6.79. The summed E-state index contributed by atoms with van der Waals surface area (Å²) in [5.41, 5.74) is 17.0. The van der Waals surface area contributed by atoms with Crippen LogP contribution < -0.4 is 14.5 Å². The van der Waals surface area contributed by atoms with Crippen molar-refractivity contribution in [3.8, 4) is 39.6 Å². The van der Waals surface area contributed by atoms with Gasteiger partial charge in [-0.05, 0) is 115 Å². The van der Waals surface area contributed by atoms with E-state index in [0.717, 1.165) is 61.5 Å². The third-order valence-corrected chi connectivity index (χ3v) is 13.9. The van der Waals surface area contributed by atoms with Crippen LogP contribution in [-0.4, -0.2) is 9.55 Å². The third kappa shape index (κ3) is 9.71. The van der Waals surface area contributed by atoms with Crippen LogP contribution in [0.3, 0.4) is 0 Å². The molecule has 0 saturated heterocycles. The molecule has 0 saturated carbocycles. The third-order valence-electron chi connectivity index (χ3n) is 13.9. The summed E-state index contributed by atoms with van der Waals surface area (Å²) in [6.45, 7) is 31.6. The number of benzene rings is 7. The van der Waals surface area contributed by atoms with E-state index in [1.165, 1.54) is 38.9 Å². The molecule has 0 N–H and O–H groups in total.